The van der Waals surface area contributed by atoms with Crippen LogP contribution in [0.4, 0.5) is 5.69 Å². The van der Waals surface area contributed by atoms with Gasteiger partial charge >= 0.3 is 11.9 Å². The van der Waals surface area contributed by atoms with Gasteiger partial charge in [0.15, 0.2) is 0 Å². The van der Waals surface area contributed by atoms with Crippen molar-refractivity contribution in [3.63, 3.8) is 0 Å². The lowest BCUT2D eigenvalue weighted by Crippen LogP contribution is -2.15. The van der Waals surface area contributed by atoms with Crippen molar-refractivity contribution in [1.82, 2.24) is 0 Å². The van der Waals surface area contributed by atoms with Crippen LogP contribution in [0.1, 0.15) is 34.1 Å². The molecule has 0 unspecified atom stereocenters. The van der Waals surface area contributed by atoms with Gasteiger partial charge in [-0.1, -0.05) is 19.1 Å². The number of amides is 1. The number of para-hydroxylation sites is 1. The fourth-order valence-corrected chi connectivity index (χ4v) is 1.95. The molecule has 0 aromatic heterocycles. The van der Waals surface area contributed by atoms with Crippen molar-refractivity contribution >= 4 is 23.5 Å². The number of rotatable bonds is 5. The Morgan fingerprint density at radius 1 is 1.00 bits per heavy atom. The van der Waals surface area contributed by atoms with Crippen LogP contribution in [0.2, 0.25) is 0 Å². The normalized spacial score (nSPS) is 9.92. The Bertz CT molecular complexity index is 752. The highest BCUT2D eigenvalue weighted by Gasteiger charge is 2.14. The summed E-state index contributed by atoms with van der Waals surface area (Å²) in [5, 5.41) is 2.67. The van der Waals surface area contributed by atoms with Crippen LogP contribution in [0.15, 0.2) is 48.5 Å². The molecule has 1 amide bonds. The van der Waals surface area contributed by atoms with Gasteiger partial charge in [-0.3, -0.25) is 9.59 Å². The number of hydrogen-bond donors (Lipinski definition) is 1. The topological polar surface area (TPSA) is 81.7 Å². The van der Waals surface area contributed by atoms with E-state index in [2.05, 4.69) is 10.1 Å². The first-order valence-electron chi connectivity index (χ1n) is 7.34. The molecule has 2 aromatic carbocycles. The van der Waals surface area contributed by atoms with E-state index >= 15 is 0 Å². The second-order valence-corrected chi connectivity index (χ2v) is 4.84. The molecule has 1 N–H and O–H groups in total. The summed E-state index contributed by atoms with van der Waals surface area (Å²) in [6.07, 6.45) is 0.270. The number of anilines is 1. The minimum Gasteiger partial charge on any atom is -0.465 e. The van der Waals surface area contributed by atoms with Crippen molar-refractivity contribution in [1.29, 1.82) is 0 Å². The molecule has 0 atom stereocenters. The number of methoxy groups -OCH3 is 1. The summed E-state index contributed by atoms with van der Waals surface area (Å²) >= 11 is 0. The van der Waals surface area contributed by atoms with Crippen LogP contribution in [0.3, 0.4) is 0 Å². The summed E-state index contributed by atoms with van der Waals surface area (Å²) in [4.78, 5) is 35.2. The van der Waals surface area contributed by atoms with Crippen LogP contribution in [0.25, 0.3) is 0 Å². The molecule has 0 aliphatic rings. The van der Waals surface area contributed by atoms with Gasteiger partial charge in [-0.25, -0.2) is 4.79 Å². The average Bonchev–Trinajstić information content (AvgIpc) is 2.62. The molecule has 0 spiro atoms. The third-order valence-electron chi connectivity index (χ3n) is 3.22. The largest absolute Gasteiger partial charge is 0.465 e. The molecule has 0 saturated heterocycles. The van der Waals surface area contributed by atoms with Crippen molar-refractivity contribution in [2.45, 2.75) is 13.3 Å². The third kappa shape index (κ3) is 4.19. The Kier molecular flexibility index (Phi) is 5.68. The van der Waals surface area contributed by atoms with E-state index in [0.29, 0.717) is 17.0 Å². The lowest BCUT2D eigenvalue weighted by Gasteiger charge is -2.10. The van der Waals surface area contributed by atoms with Crippen LogP contribution in [0.5, 0.6) is 5.75 Å². The molecule has 6 heteroatoms. The fraction of sp³-hybridized carbons (Fsp3) is 0.167. The van der Waals surface area contributed by atoms with Gasteiger partial charge in [-0.05, 0) is 36.4 Å². The molecule has 0 bridgehead atoms. The van der Waals surface area contributed by atoms with Gasteiger partial charge in [-0.2, -0.15) is 0 Å². The fourth-order valence-electron chi connectivity index (χ4n) is 1.95. The number of ether oxygens (including phenoxy) is 2. The summed E-state index contributed by atoms with van der Waals surface area (Å²) < 4.78 is 9.74. The highest BCUT2D eigenvalue weighted by Crippen LogP contribution is 2.18. The van der Waals surface area contributed by atoms with E-state index in [9.17, 15) is 14.4 Å². The molecule has 0 radical (unpaired) electrons. The van der Waals surface area contributed by atoms with E-state index in [0.717, 1.165) is 0 Å². The summed E-state index contributed by atoms with van der Waals surface area (Å²) in [5.41, 5.74) is 0.989. The van der Waals surface area contributed by atoms with Crippen LogP contribution in [-0.2, 0) is 9.53 Å². The quantitative estimate of drug-likeness (QED) is 0.674. The second-order valence-electron chi connectivity index (χ2n) is 4.84. The predicted octanol–water partition coefficient (Wildman–Crippen LogP) is 3.04. The lowest BCUT2D eigenvalue weighted by atomic mass is 10.1. The highest BCUT2D eigenvalue weighted by atomic mass is 16.5. The molecule has 0 aliphatic heterocycles. The van der Waals surface area contributed by atoms with Gasteiger partial charge in [0.2, 0.25) is 0 Å². The van der Waals surface area contributed by atoms with E-state index < -0.39 is 5.97 Å². The maximum absolute atomic E-state index is 12.3. The molecular weight excluding hydrogens is 310 g/mol. The Morgan fingerprint density at radius 3 is 2.29 bits per heavy atom. The zero-order valence-electron chi connectivity index (χ0n) is 13.4. The smallest absolute Gasteiger partial charge is 0.339 e. The summed E-state index contributed by atoms with van der Waals surface area (Å²) in [6.45, 7) is 1.70. The summed E-state index contributed by atoms with van der Waals surface area (Å²) in [6, 6.07) is 12.7. The zero-order valence-corrected chi connectivity index (χ0v) is 13.4. The van der Waals surface area contributed by atoms with Crippen LogP contribution < -0.4 is 10.1 Å². The summed E-state index contributed by atoms with van der Waals surface area (Å²) in [5.74, 6) is -0.903. The zero-order chi connectivity index (χ0) is 17.5. The molecule has 24 heavy (non-hydrogen) atoms. The summed E-state index contributed by atoms with van der Waals surface area (Å²) in [7, 11) is 1.28. The van der Waals surface area contributed by atoms with Crippen molar-refractivity contribution in [2.24, 2.45) is 0 Å². The van der Waals surface area contributed by atoms with Gasteiger partial charge < -0.3 is 14.8 Å². The van der Waals surface area contributed by atoms with Gasteiger partial charge in [-0.15, -0.1) is 0 Å². The van der Waals surface area contributed by atoms with E-state index in [1.165, 1.54) is 31.4 Å². The Morgan fingerprint density at radius 2 is 1.67 bits per heavy atom. The molecule has 2 rings (SSSR count). The van der Waals surface area contributed by atoms with Gasteiger partial charge in [0.25, 0.3) is 5.91 Å². The van der Waals surface area contributed by atoms with Crippen LogP contribution >= 0.6 is 0 Å². The molecular formula is C18H17NO5. The molecule has 2 aromatic rings. The Labute approximate surface area is 139 Å². The Balaban J connectivity index is 2.13. The van der Waals surface area contributed by atoms with E-state index in [4.69, 9.17) is 4.74 Å². The van der Waals surface area contributed by atoms with E-state index in [1.54, 1.807) is 31.2 Å². The highest BCUT2D eigenvalue weighted by molar-refractivity contribution is 6.08. The first kappa shape index (κ1) is 17.2. The molecule has 124 valence electrons. The van der Waals surface area contributed by atoms with Crippen molar-refractivity contribution < 1.29 is 23.9 Å². The molecule has 6 nitrogen and oxygen atoms in total. The molecule has 0 saturated carbocycles. The molecule has 0 heterocycles. The standard InChI is InChI=1S/C18H17NO5/c1-3-16(20)24-13-10-8-12(9-11-13)17(21)19-15-7-5-4-6-14(15)18(22)23-2/h4-11H,3H2,1-2H3,(H,19,21). The number of benzene rings is 2. The number of hydrogen-bond acceptors (Lipinski definition) is 5. The number of nitrogens with one attached hydrogen (secondary N) is 1. The molecule has 0 fully saturated rings. The third-order valence-corrected chi connectivity index (χ3v) is 3.22. The van der Waals surface area contributed by atoms with E-state index in [1.807, 2.05) is 0 Å². The minimum absolute atomic E-state index is 0.266. The first-order chi connectivity index (χ1) is 11.5. The number of carbonyl (C=O) groups excluding carboxylic acids is 3. The lowest BCUT2D eigenvalue weighted by molar-refractivity contribution is -0.134. The number of esters is 2. The first-order valence-corrected chi connectivity index (χ1v) is 7.34. The van der Waals surface area contributed by atoms with E-state index in [-0.39, 0.29) is 23.9 Å². The van der Waals surface area contributed by atoms with Gasteiger partial charge in [0.05, 0.1) is 18.4 Å². The second kappa shape index (κ2) is 7.92. The van der Waals surface area contributed by atoms with Crippen LogP contribution in [-0.4, -0.2) is 25.0 Å². The monoisotopic (exact) mass is 327 g/mol. The number of carbonyl (C=O) groups is 3. The SMILES string of the molecule is CCC(=O)Oc1ccc(C(=O)Nc2ccccc2C(=O)OC)cc1. The maximum atomic E-state index is 12.3. The van der Waals surface area contributed by atoms with Gasteiger partial charge in [0.1, 0.15) is 5.75 Å². The minimum atomic E-state index is -0.535. The molecule has 0 aliphatic carbocycles. The van der Waals surface area contributed by atoms with Crippen molar-refractivity contribution in [3.8, 4) is 5.75 Å². The van der Waals surface area contributed by atoms with Crippen molar-refractivity contribution in [2.75, 3.05) is 12.4 Å². The predicted molar refractivity (Wildman–Crippen MR) is 88.1 cm³/mol. The average molecular weight is 327 g/mol. The maximum Gasteiger partial charge on any atom is 0.339 e. The van der Waals surface area contributed by atoms with Crippen LogP contribution in [0, 0.1) is 0 Å². The Hall–Kier alpha value is -3.15. The van der Waals surface area contributed by atoms with Crippen molar-refractivity contribution in [3.05, 3.63) is 59.7 Å². The van der Waals surface area contributed by atoms with Gasteiger partial charge in [0, 0.05) is 12.0 Å².